The van der Waals surface area contributed by atoms with Crippen LogP contribution in [-0.2, 0) is 7.05 Å². The van der Waals surface area contributed by atoms with Crippen molar-refractivity contribution < 1.29 is 4.79 Å². The minimum atomic E-state index is -0.446. The van der Waals surface area contributed by atoms with E-state index in [-0.39, 0.29) is 11.1 Å². The van der Waals surface area contributed by atoms with E-state index < -0.39 is 11.4 Å². The first kappa shape index (κ1) is 13.3. The van der Waals surface area contributed by atoms with E-state index >= 15 is 0 Å². The maximum atomic E-state index is 12.3. The van der Waals surface area contributed by atoms with Gasteiger partial charge in [0.25, 0.3) is 5.91 Å². The second-order valence-electron chi connectivity index (χ2n) is 5.52. The Hall–Kier alpha value is -2.17. The molecule has 2 aromatic rings. The first-order chi connectivity index (χ1) is 8.79. The van der Waals surface area contributed by atoms with Gasteiger partial charge in [0.05, 0.1) is 5.52 Å². The second kappa shape index (κ2) is 4.50. The third-order valence-corrected chi connectivity index (χ3v) is 2.67. The highest BCUT2D eigenvalue weighted by Crippen LogP contribution is 2.08. The molecular weight excluding hydrogens is 242 g/mol. The lowest BCUT2D eigenvalue weighted by atomic mass is 10.1. The normalized spacial score (nSPS) is 11.6. The first-order valence-electron chi connectivity index (χ1n) is 6.08. The number of benzene rings is 1. The Morgan fingerprint density at radius 1 is 1.26 bits per heavy atom. The molecule has 0 aliphatic carbocycles. The molecule has 0 saturated carbocycles. The number of aromatic nitrogens is 2. The molecule has 19 heavy (non-hydrogen) atoms. The summed E-state index contributed by atoms with van der Waals surface area (Å²) in [7, 11) is 1.72. The smallest absolute Gasteiger partial charge is 0.276 e. The molecule has 1 amide bonds. The molecule has 5 nitrogen and oxygen atoms in total. The number of carbonyl (C=O) groups is 1. The molecule has 1 N–H and O–H groups in total. The zero-order valence-corrected chi connectivity index (χ0v) is 11.5. The van der Waals surface area contributed by atoms with Crippen LogP contribution in [0.2, 0.25) is 0 Å². The van der Waals surface area contributed by atoms with E-state index in [9.17, 15) is 9.59 Å². The van der Waals surface area contributed by atoms with Crippen molar-refractivity contribution in [3.8, 4) is 0 Å². The monoisotopic (exact) mass is 259 g/mol. The van der Waals surface area contributed by atoms with Gasteiger partial charge in [0.1, 0.15) is 0 Å². The van der Waals surface area contributed by atoms with Crippen molar-refractivity contribution in [2.45, 2.75) is 26.3 Å². The summed E-state index contributed by atoms with van der Waals surface area (Å²) < 4.78 is 1.55. The van der Waals surface area contributed by atoms with Gasteiger partial charge >= 0.3 is 0 Å². The highest BCUT2D eigenvalue weighted by atomic mass is 16.2. The van der Waals surface area contributed by atoms with E-state index in [4.69, 9.17) is 0 Å². The highest BCUT2D eigenvalue weighted by molar-refractivity contribution is 5.95. The van der Waals surface area contributed by atoms with E-state index in [0.717, 1.165) is 0 Å². The molecule has 1 aromatic carbocycles. The van der Waals surface area contributed by atoms with Gasteiger partial charge in [0.15, 0.2) is 5.69 Å². The number of rotatable bonds is 1. The highest BCUT2D eigenvalue weighted by Gasteiger charge is 2.20. The SMILES string of the molecule is Cn1nc(C(=O)NC(C)(C)C)c(=O)c2ccccc21. The predicted molar refractivity (Wildman–Crippen MR) is 74.2 cm³/mol. The molecule has 0 fully saturated rings. The van der Waals surface area contributed by atoms with Crippen LogP contribution in [0.15, 0.2) is 29.1 Å². The zero-order chi connectivity index (χ0) is 14.2. The van der Waals surface area contributed by atoms with Crippen LogP contribution in [0, 0.1) is 0 Å². The van der Waals surface area contributed by atoms with Crippen molar-refractivity contribution in [2.75, 3.05) is 0 Å². The molecule has 0 aliphatic rings. The minimum Gasteiger partial charge on any atom is -0.346 e. The molecule has 0 atom stereocenters. The van der Waals surface area contributed by atoms with Crippen molar-refractivity contribution in [1.82, 2.24) is 15.1 Å². The number of carbonyl (C=O) groups excluding carboxylic acids is 1. The van der Waals surface area contributed by atoms with Crippen LogP contribution in [0.5, 0.6) is 0 Å². The van der Waals surface area contributed by atoms with E-state index in [1.807, 2.05) is 26.8 Å². The number of nitrogens with one attached hydrogen (secondary N) is 1. The molecule has 2 rings (SSSR count). The van der Waals surface area contributed by atoms with Crippen LogP contribution in [0.1, 0.15) is 31.3 Å². The average Bonchev–Trinajstić information content (AvgIpc) is 2.31. The summed E-state index contributed by atoms with van der Waals surface area (Å²) in [4.78, 5) is 24.4. The summed E-state index contributed by atoms with van der Waals surface area (Å²) in [6, 6.07) is 7.11. The van der Waals surface area contributed by atoms with Crippen molar-refractivity contribution >= 4 is 16.8 Å². The Morgan fingerprint density at radius 3 is 2.53 bits per heavy atom. The first-order valence-corrected chi connectivity index (χ1v) is 6.08. The van der Waals surface area contributed by atoms with Crippen molar-refractivity contribution in [3.05, 3.63) is 40.2 Å². The summed E-state index contributed by atoms with van der Waals surface area (Å²) in [6.07, 6.45) is 0. The van der Waals surface area contributed by atoms with Crippen LogP contribution in [-0.4, -0.2) is 21.2 Å². The predicted octanol–water partition coefficient (Wildman–Crippen LogP) is 1.46. The Labute approximate surface area is 111 Å². The number of para-hydroxylation sites is 1. The van der Waals surface area contributed by atoms with Crippen LogP contribution >= 0.6 is 0 Å². The standard InChI is InChI=1S/C14H17N3O2/c1-14(2,3)15-13(19)11-12(18)9-7-5-6-8-10(9)17(4)16-11/h5-8H,1-4H3,(H,15,19). The van der Waals surface area contributed by atoms with Crippen molar-refractivity contribution in [2.24, 2.45) is 7.05 Å². The van der Waals surface area contributed by atoms with Gasteiger partial charge in [-0.05, 0) is 32.9 Å². The quantitative estimate of drug-likeness (QED) is 0.843. The largest absolute Gasteiger partial charge is 0.346 e. The average molecular weight is 259 g/mol. The fraction of sp³-hybridized carbons (Fsp3) is 0.357. The lowest BCUT2D eigenvalue weighted by Gasteiger charge is -2.20. The molecule has 0 unspecified atom stereocenters. The molecule has 0 spiro atoms. The fourth-order valence-electron chi connectivity index (χ4n) is 1.87. The topological polar surface area (TPSA) is 64.0 Å². The second-order valence-corrected chi connectivity index (χ2v) is 5.52. The molecule has 1 heterocycles. The van der Waals surface area contributed by atoms with E-state index in [1.54, 1.807) is 29.9 Å². The molecule has 5 heteroatoms. The molecule has 0 aliphatic heterocycles. The van der Waals surface area contributed by atoms with Crippen LogP contribution in [0.4, 0.5) is 0 Å². The summed E-state index contributed by atoms with van der Waals surface area (Å²) >= 11 is 0. The Bertz CT molecular complexity index is 696. The van der Waals surface area contributed by atoms with Crippen LogP contribution in [0.25, 0.3) is 10.9 Å². The number of fused-ring (bicyclic) bond motifs is 1. The zero-order valence-electron chi connectivity index (χ0n) is 11.5. The Kier molecular flexibility index (Phi) is 3.14. The lowest BCUT2D eigenvalue weighted by Crippen LogP contribution is -2.43. The van der Waals surface area contributed by atoms with Gasteiger partial charge < -0.3 is 5.32 Å². The van der Waals surface area contributed by atoms with Gasteiger partial charge in [0.2, 0.25) is 5.43 Å². The van der Waals surface area contributed by atoms with E-state index in [0.29, 0.717) is 10.9 Å². The van der Waals surface area contributed by atoms with Crippen molar-refractivity contribution in [1.29, 1.82) is 0 Å². The third kappa shape index (κ3) is 2.65. The third-order valence-electron chi connectivity index (χ3n) is 2.67. The van der Waals surface area contributed by atoms with E-state index in [2.05, 4.69) is 10.4 Å². The van der Waals surface area contributed by atoms with Crippen LogP contribution in [0.3, 0.4) is 0 Å². The van der Waals surface area contributed by atoms with Crippen molar-refractivity contribution in [3.63, 3.8) is 0 Å². The van der Waals surface area contributed by atoms with Gasteiger partial charge in [-0.2, -0.15) is 5.10 Å². The van der Waals surface area contributed by atoms with Gasteiger partial charge in [-0.15, -0.1) is 0 Å². The number of aryl methyl sites for hydroxylation is 1. The van der Waals surface area contributed by atoms with Gasteiger partial charge in [0, 0.05) is 18.0 Å². The maximum absolute atomic E-state index is 12.3. The number of amides is 1. The van der Waals surface area contributed by atoms with Gasteiger partial charge in [-0.25, -0.2) is 0 Å². The van der Waals surface area contributed by atoms with Gasteiger partial charge in [-0.1, -0.05) is 12.1 Å². The molecular formula is C14H17N3O2. The molecule has 100 valence electrons. The summed E-state index contributed by atoms with van der Waals surface area (Å²) in [5, 5.41) is 7.33. The summed E-state index contributed by atoms with van der Waals surface area (Å²) in [6.45, 7) is 5.57. The maximum Gasteiger partial charge on any atom is 0.276 e. The summed E-state index contributed by atoms with van der Waals surface area (Å²) in [5.41, 5.74) is -0.110. The molecule has 0 radical (unpaired) electrons. The number of hydrogen-bond acceptors (Lipinski definition) is 3. The van der Waals surface area contributed by atoms with E-state index in [1.165, 1.54) is 0 Å². The molecule has 1 aromatic heterocycles. The molecule has 0 bridgehead atoms. The molecule has 0 saturated heterocycles. The lowest BCUT2D eigenvalue weighted by molar-refractivity contribution is 0.0911. The van der Waals surface area contributed by atoms with Crippen LogP contribution < -0.4 is 10.7 Å². The number of hydrogen-bond donors (Lipinski definition) is 1. The Balaban J connectivity index is 2.60. The van der Waals surface area contributed by atoms with Gasteiger partial charge in [-0.3, -0.25) is 14.3 Å². The number of nitrogens with zero attached hydrogens (tertiary/aromatic N) is 2. The summed E-state index contributed by atoms with van der Waals surface area (Å²) in [5.74, 6) is -0.446. The Morgan fingerprint density at radius 2 is 1.89 bits per heavy atom. The minimum absolute atomic E-state index is 0.0730. The fourth-order valence-corrected chi connectivity index (χ4v) is 1.87.